The van der Waals surface area contributed by atoms with Gasteiger partial charge in [-0.15, -0.1) is 10.2 Å². The number of aliphatic hydroxyl groups excluding tert-OH is 1. The van der Waals surface area contributed by atoms with Crippen molar-refractivity contribution in [1.29, 1.82) is 0 Å². The molecule has 30 heavy (non-hydrogen) atoms. The minimum absolute atomic E-state index is 0.0796. The number of methoxy groups -OCH3 is 1. The predicted molar refractivity (Wildman–Crippen MR) is 114 cm³/mol. The molecule has 1 aliphatic heterocycles. The second-order valence-electron chi connectivity index (χ2n) is 7.04. The van der Waals surface area contributed by atoms with Crippen molar-refractivity contribution < 1.29 is 14.6 Å². The highest BCUT2D eigenvalue weighted by Crippen LogP contribution is 2.34. The number of benzene rings is 2. The van der Waals surface area contributed by atoms with Gasteiger partial charge in [0.25, 0.3) is 0 Å². The van der Waals surface area contributed by atoms with Gasteiger partial charge in [0.15, 0.2) is 5.82 Å². The number of hydrogen-bond donors (Lipinski definition) is 1. The number of Topliss-reactive ketones (excluding diaryl/α,β-unsaturated/α-hetero) is 1. The van der Waals surface area contributed by atoms with Crippen molar-refractivity contribution in [2.24, 2.45) is 4.99 Å². The lowest BCUT2D eigenvalue weighted by Crippen LogP contribution is -2.12. The van der Waals surface area contributed by atoms with E-state index in [4.69, 9.17) is 26.4 Å². The standard InChI is InChI=1S/C22H21ClN4O3/c1-13-25-26-22-19(11-16(29)9-10-28)24-21(14-3-5-15(23)6-4-14)18-12-17(30-2)7-8-20(18)27(13)22/h3-8,12,19,28H,9-11H2,1-2H3/t19-/m1/s1. The molecule has 0 radical (unpaired) electrons. The van der Waals surface area contributed by atoms with E-state index in [2.05, 4.69) is 10.2 Å². The summed E-state index contributed by atoms with van der Waals surface area (Å²) in [5.41, 5.74) is 3.29. The largest absolute Gasteiger partial charge is 0.497 e. The number of rotatable bonds is 6. The highest BCUT2D eigenvalue weighted by molar-refractivity contribution is 6.30. The molecule has 7 nitrogen and oxygen atoms in total. The molecular formula is C22H21ClN4O3. The van der Waals surface area contributed by atoms with Gasteiger partial charge < -0.3 is 9.84 Å². The number of ketones is 1. The second kappa shape index (κ2) is 8.38. The number of aromatic nitrogens is 3. The van der Waals surface area contributed by atoms with Crippen molar-refractivity contribution in [1.82, 2.24) is 14.8 Å². The Morgan fingerprint density at radius 1 is 1.20 bits per heavy atom. The van der Waals surface area contributed by atoms with Gasteiger partial charge >= 0.3 is 0 Å². The Balaban J connectivity index is 1.96. The van der Waals surface area contributed by atoms with Crippen LogP contribution in [0.25, 0.3) is 5.69 Å². The first-order valence-electron chi connectivity index (χ1n) is 9.58. The zero-order chi connectivity index (χ0) is 21.3. The summed E-state index contributed by atoms with van der Waals surface area (Å²) in [5, 5.41) is 18.3. The molecule has 2 heterocycles. The SMILES string of the molecule is COc1ccc2c(c1)C(c1ccc(Cl)cc1)=N[C@H](CC(=O)CCO)c1nnc(C)n1-2. The lowest BCUT2D eigenvalue weighted by Gasteiger charge is -2.14. The number of hydrogen-bond acceptors (Lipinski definition) is 6. The molecule has 3 aromatic rings. The Labute approximate surface area is 179 Å². The maximum absolute atomic E-state index is 12.4. The first kappa shape index (κ1) is 20.3. The van der Waals surface area contributed by atoms with Crippen molar-refractivity contribution >= 4 is 23.1 Å². The highest BCUT2D eigenvalue weighted by Gasteiger charge is 2.29. The summed E-state index contributed by atoms with van der Waals surface area (Å²) >= 11 is 6.09. The molecule has 0 saturated carbocycles. The van der Waals surface area contributed by atoms with Crippen LogP contribution in [0.1, 0.15) is 41.7 Å². The minimum Gasteiger partial charge on any atom is -0.497 e. The van der Waals surface area contributed by atoms with E-state index in [-0.39, 0.29) is 25.2 Å². The summed E-state index contributed by atoms with van der Waals surface area (Å²) < 4.78 is 7.38. The van der Waals surface area contributed by atoms with Gasteiger partial charge in [0.05, 0.1) is 18.5 Å². The summed E-state index contributed by atoms with van der Waals surface area (Å²) in [6.45, 7) is 1.67. The Hall–Kier alpha value is -3.03. The number of carbonyl (C=O) groups is 1. The van der Waals surface area contributed by atoms with Gasteiger partial charge in [-0.1, -0.05) is 23.7 Å². The molecule has 0 unspecified atom stereocenters. The van der Waals surface area contributed by atoms with E-state index in [1.807, 2.05) is 41.8 Å². The van der Waals surface area contributed by atoms with Gasteiger partial charge in [-0.05, 0) is 37.3 Å². The molecule has 0 amide bonds. The van der Waals surface area contributed by atoms with Crippen molar-refractivity contribution in [3.63, 3.8) is 0 Å². The summed E-state index contributed by atoms with van der Waals surface area (Å²) in [6.07, 6.45) is 0.205. The molecule has 4 rings (SSSR count). The molecule has 1 aromatic heterocycles. The zero-order valence-corrected chi connectivity index (χ0v) is 17.4. The average Bonchev–Trinajstić information content (AvgIpc) is 3.06. The van der Waals surface area contributed by atoms with E-state index in [9.17, 15) is 4.79 Å². The molecule has 1 atom stereocenters. The van der Waals surface area contributed by atoms with Crippen LogP contribution in [0, 0.1) is 6.92 Å². The van der Waals surface area contributed by atoms with Crippen molar-refractivity contribution in [3.05, 3.63) is 70.3 Å². The number of aryl methyl sites for hydroxylation is 1. The van der Waals surface area contributed by atoms with Gasteiger partial charge in [0.1, 0.15) is 23.4 Å². The van der Waals surface area contributed by atoms with E-state index in [0.29, 0.717) is 28.1 Å². The lowest BCUT2D eigenvalue weighted by molar-refractivity contribution is -0.120. The molecule has 0 spiro atoms. The van der Waals surface area contributed by atoms with Gasteiger partial charge in [0.2, 0.25) is 0 Å². The Morgan fingerprint density at radius 3 is 2.67 bits per heavy atom. The van der Waals surface area contributed by atoms with Crippen LogP contribution in [-0.4, -0.2) is 45.1 Å². The van der Waals surface area contributed by atoms with Gasteiger partial charge in [0, 0.05) is 35.6 Å². The van der Waals surface area contributed by atoms with E-state index >= 15 is 0 Å². The van der Waals surface area contributed by atoms with Crippen LogP contribution in [0.5, 0.6) is 5.75 Å². The summed E-state index contributed by atoms with van der Waals surface area (Å²) in [4.78, 5) is 17.3. The summed E-state index contributed by atoms with van der Waals surface area (Å²) in [5.74, 6) is 1.90. The van der Waals surface area contributed by atoms with E-state index in [1.54, 1.807) is 19.2 Å². The Kier molecular flexibility index (Phi) is 5.65. The molecule has 1 aliphatic rings. The van der Waals surface area contributed by atoms with Gasteiger partial charge in [-0.2, -0.15) is 0 Å². The first-order valence-corrected chi connectivity index (χ1v) is 9.96. The van der Waals surface area contributed by atoms with Crippen LogP contribution in [0.15, 0.2) is 47.5 Å². The van der Waals surface area contributed by atoms with Crippen LogP contribution >= 0.6 is 11.6 Å². The molecule has 154 valence electrons. The fraction of sp³-hybridized carbons (Fsp3) is 0.273. The van der Waals surface area contributed by atoms with Crippen molar-refractivity contribution in [2.45, 2.75) is 25.8 Å². The number of aliphatic imine (C=N–C) groups is 1. The third-order valence-corrected chi connectivity index (χ3v) is 5.31. The first-order chi connectivity index (χ1) is 14.5. The molecule has 0 bridgehead atoms. The topological polar surface area (TPSA) is 89.6 Å². The van der Waals surface area contributed by atoms with E-state index < -0.39 is 6.04 Å². The minimum atomic E-state index is -0.533. The molecule has 8 heteroatoms. The van der Waals surface area contributed by atoms with Crippen LogP contribution in [0.4, 0.5) is 0 Å². The molecule has 2 aromatic carbocycles. The van der Waals surface area contributed by atoms with Crippen LogP contribution in [0.2, 0.25) is 5.02 Å². The zero-order valence-electron chi connectivity index (χ0n) is 16.7. The van der Waals surface area contributed by atoms with Gasteiger partial charge in [-0.25, -0.2) is 0 Å². The normalized spacial score (nSPS) is 15.1. The summed E-state index contributed by atoms with van der Waals surface area (Å²) in [7, 11) is 1.61. The summed E-state index contributed by atoms with van der Waals surface area (Å²) in [6, 6.07) is 12.6. The number of fused-ring (bicyclic) bond motifs is 3. The quantitative estimate of drug-likeness (QED) is 0.654. The van der Waals surface area contributed by atoms with Crippen molar-refractivity contribution in [2.75, 3.05) is 13.7 Å². The molecule has 0 aliphatic carbocycles. The van der Waals surface area contributed by atoms with E-state index in [0.717, 1.165) is 16.8 Å². The third-order valence-electron chi connectivity index (χ3n) is 5.06. The number of carbonyl (C=O) groups excluding carboxylic acids is 1. The highest BCUT2D eigenvalue weighted by atomic mass is 35.5. The Morgan fingerprint density at radius 2 is 1.97 bits per heavy atom. The van der Waals surface area contributed by atoms with Crippen LogP contribution < -0.4 is 4.74 Å². The smallest absolute Gasteiger partial charge is 0.162 e. The number of halogens is 1. The predicted octanol–water partition coefficient (Wildman–Crippen LogP) is 3.47. The monoisotopic (exact) mass is 424 g/mol. The lowest BCUT2D eigenvalue weighted by atomic mass is 10.00. The van der Waals surface area contributed by atoms with Crippen LogP contribution in [0.3, 0.4) is 0 Å². The van der Waals surface area contributed by atoms with Crippen LogP contribution in [-0.2, 0) is 4.79 Å². The molecule has 1 N–H and O–H groups in total. The number of nitrogens with zero attached hydrogens (tertiary/aromatic N) is 4. The molecule has 0 saturated heterocycles. The third kappa shape index (κ3) is 3.74. The number of ether oxygens (including phenoxy) is 1. The fourth-order valence-electron chi connectivity index (χ4n) is 3.62. The Bertz CT molecular complexity index is 1120. The molecule has 0 fully saturated rings. The van der Waals surface area contributed by atoms with Gasteiger partial charge in [-0.3, -0.25) is 14.4 Å². The maximum atomic E-state index is 12.4. The number of aliphatic hydroxyl groups is 1. The fourth-order valence-corrected chi connectivity index (χ4v) is 3.75. The molecular weight excluding hydrogens is 404 g/mol. The van der Waals surface area contributed by atoms with E-state index in [1.165, 1.54) is 0 Å². The average molecular weight is 425 g/mol. The van der Waals surface area contributed by atoms with Crippen molar-refractivity contribution in [3.8, 4) is 11.4 Å². The second-order valence-corrected chi connectivity index (χ2v) is 7.48. The maximum Gasteiger partial charge on any atom is 0.162 e.